The van der Waals surface area contributed by atoms with Gasteiger partial charge in [0.25, 0.3) is 0 Å². The number of aromatic nitrogens is 2. The fourth-order valence-electron chi connectivity index (χ4n) is 7.94. The first-order chi connectivity index (χ1) is 19.5. The van der Waals surface area contributed by atoms with Crippen LogP contribution in [0.2, 0.25) is 0 Å². The molecular formula is C33H41N5O2. The van der Waals surface area contributed by atoms with Gasteiger partial charge in [0, 0.05) is 44.7 Å². The monoisotopic (exact) mass is 539 g/mol. The van der Waals surface area contributed by atoms with Gasteiger partial charge in [0.2, 0.25) is 0 Å². The number of benzene rings is 2. The molecule has 7 nitrogen and oxygen atoms in total. The van der Waals surface area contributed by atoms with Crippen LogP contribution in [0.25, 0.3) is 11.0 Å². The highest BCUT2D eigenvalue weighted by Crippen LogP contribution is 2.39. The Morgan fingerprint density at radius 3 is 2.50 bits per heavy atom. The van der Waals surface area contributed by atoms with Crippen molar-refractivity contribution >= 4 is 17.0 Å². The van der Waals surface area contributed by atoms with Crippen molar-refractivity contribution in [1.82, 2.24) is 19.4 Å². The van der Waals surface area contributed by atoms with Gasteiger partial charge < -0.3 is 14.6 Å². The summed E-state index contributed by atoms with van der Waals surface area (Å²) in [5.41, 5.74) is 4.02. The van der Waals surface area contributed by atoms with Crippen LogP contribution in [0.15, 0.2) is 48.5 Å². The summed E-state index contributed by atoms with van der Waals surface area (Å²) in [5.74, 6) is 1.43. The van der Waals surface area contributed by atoms with E-state index in [9.17, 15) is 15.2 Å². The van der Waals surface area contributed by atoms with Crippen molar-refractivity contribution in [3.8, 4) is 6.07 Å². The Labute approximate surface area is 237 Å². The van der Waals surface area contributed by atoms with Gasteiger partial charge in [-0.1, -0.05) is 49.6 Å². The largest absolute Gasteiger partial charge is 0.480 e. The molecule has 0 bridgehead atoms. The third-order valence-electron chi connectivity index (χ3n) is 9.85. The van der Waals surface area contributed by atoms with Gasteiger partial charge in [-0.05, 0) is 68.2 Å². The molecule has 0 spiro atoms. The van der Waals surface area contributed by atoms with Crippen LogP contribution in [-0.4, -0.2) is 69.2 Å². The minimum Gasteiger partial charge on any atom is -0.480 e. The molecule has 2 saturated heterocycles. The molecule has 210 valence electrons. The van der Waals surface area contributed by atoms with Crippen molar-refractivity contribution in [3.63, 3.8) is 0 Å². The first-order valence-corrected chi connectivity index (χ1v) is 15.1. The molecule has 2 aliphatic heterocycles. The number of nitrogens with zero attached hydrogens (tertiary/aromatic N) is 5. The molecule has 3 fully saturated rings. The molecule has 6 rings (SSSR count). The molecule has 2 aromatic carbocycles. The molecular weight excluding hydrogens is 498 g/mol. The summed E-state index contributed by atoms with van der Waals surface area (Å²) in [5, 5.41) is 19.6. The normalized spacial score (nSPS) is 24.3. The third-order valence-corrected chi connectivity index (χ3v) is 9.85. The topological polar surface area (TPSA) is 85.4 Å². The summed E-state index contributed by atoms with van der Waals surface area (Å²) < 4.78 is 2.37. The lowest BCUT2D eigenvalue weighted by atomic mass is 9.83. The van der Waals surface area contributed by atoms with Crippen LogP contribution in [0.4, 0.5) is 0 Å². The van der Waals surface area contributed by atoms with E-state index in [1.807, 2.05) is 18.2 Å². The summed E-state index contributed by atoms with van der Waals surface area (Å²) in [4.78, 5) is 22.3. The highest BCUT2D eigenvalue weighted by Gasteiger charge is 2.43. The van der Waals surface area contributed by atoms with Crippen molar-refractivity contribution in [2.75, 3.05) is 32.7 Å². The highest BCUT2D eigenvalue weighted by molar-refractivity contribution is 5.78. The Balaban J connectivity index is 1.16. The van der Waals surface area contributed by atoms with Crippen molar-refractivity contribution in [1.29, 1.82) is 5.26 Å². The number of fused-ring (bicyclic) bond motifs is 1. The first-order valence-electron chi connectivity index (χ1n) is 15.1. The van der Waals surface area contributed by atoms with Gasteiger partial charge >= 0.3 is 5.97 Å². The average Bonchev–Trinajstić information content (AvgIpc) is 3.53. The van der Waals surface area contributed by atoms with E-state index in [1.165, 1.54) is 12.0 Å². The van der Waals surface area contributed by atoms with Gasteiger partial charge in [-0.25, -0.2) is 4.98 Å². The summed E-state index contributed by atoms with van der Waals surface area (Å²) in [6.45, 7) is 6.84. The van der Waals surface area contributed by atoms with Crippen LogP contribution in [0.5, 0.6) is 0 Å². The Hall–Kier alpha value is -3.21. The number of hydrogen-bond donors (Lipinski definition) is 1. The molecule has 3 aliphatic rings. The molecule has 3 heterocycles. The molecule has 3 unspecified atom stereocenters. The van der Waals surface area contributed by atoms with Gasteiger partial charge in [0.05, 0.1) is 22.7 Å². The van der Waals surface area contributed by atoms with Gasteiger partial charge in [-0.15, -0.1) is 0 Å². The van der Waals surface area contributed by atoms with E-state index in [0.717, 1.165) is 88.1 Å². The molecule has 0 amide bonds. The first kappa shape index (κ1) is 27.0. The number of aryl methyl sites for hydroxylation is 1. The molecule has 3 atom stereocenters. The smallest absolute Gasteiger partial charge is 0.321 e. The summed E-state index contributed by atoms with van der Waals surface area (Å²) in [6, 6.07) is 18.9. The van der Waals surface area contributed by atoms with E-state index < -0.39 is 5.97 Å². The van der Waals surface area contributed by atoms with Gasteiger partial charge in [0.15, 0.2) is 0 Å². The zero-order valence-corrected chi connectivity index (χ0v) is 23.6. The SMILES string of the molecule is Cc1nc2cc(C#N)ccc2n1C1CCN(CC2CN(C(C(=O)O)C3CCCCC3)CC2c2ccccc2)CC1. The van der Waals surface area contributed by atoms with Crippen LogP contribution in [0, 0.1) is 30.1 Å². The maximum absolute atomic E-state index is 12.6. The molecule has 3 aromatic rings. The predicted octanol–water partition coefficient (Wildman–Crippen LogP) is 5.60. The minimum atomic E-state index is -0.634. The number of hydrogen-bond acceptors (Lipinski definition) is 5. The van der Waals surface area contributed by atoms with E-state index in [2.05, 4.69) is 57.7 Å². The predicted molar refractivity (Wildman–Crippen MR) is 156 cm³/mol. The second-order valence-corrected chi connectivity index (χ2v) is 12.3. The second kappa shape index (κ2) is 11.7. The van der Waals surface area contributed by atoms with Crippen molar-refractivity contribution in [3.05, 3.63) is 65.5 Å². The van der Waals surface area contributed by atoms with Crippen LogP contribution >= 0.6 is 0 Å². The van der Waals surface area contributed by atoms with E-state index in [0.29, 0.717) is 23.4 Å². The van der Waals surface area contributed by atoms with E-state index in [-0.39, 0.29) is 12.0 Å². The van der Waals surface area contributed by atoms with E-state index in [4.69, 9.17) is 4.98 Å². The number of rotatable bonds is 7. The quantitative estimate of drug-likeness (QED) is 0.421. The Morgan fingerprint density at radius 2 is 1.80 bits per heavy atom. The zero-order chi connectivity index (χ0) is 27.6. The number of nitriles is 1. The number of imidazole rings is 1. The van der Waals surface area contributed by atoms with Crippen molar-refractivity contribution in [2.24, 2.45) is 11.8 Å². The van der Waals surface area contributed by atoms with E-state index >= 15 is 0 Å². The summed E-state index contributed by atoms with van der Waals surface area (Å²) in [7, 11) is 0. The molecule has 1 aromatic heterocycles. The maximum atomic E-state index is 12.6. The number of carbonyl (C=O) groups is 1. The van der Waals surface area contributed by atoms with Crippen LogP contribution < -0.4 is 0 Å². The van der Waals surface area contributed by atoms with Crippen molar-refractivity contribution < 1.29 is 9.90 Å². The number of carboxylic acids is 1. The van der Waals surface area contributed by atoms with Gasteiger partial charge in [0.1, 0.15) is 11.9 Å². The van der Waals surface area contributed by atoms with Crippen LogP contribution in [0.3, 0.4) is 0 Å². The highest BCUT2D eigenvalue weighted by atomic mass is 16.4. The number of carboxylic acid groups (broad SMARTS) is 1. The van der Waals surface area contributed by atoms with Crippen molar-refractivity contribution in [2.45, 2.75) is 69.9 Å². The number of aliphatic carboxylic acids is 1. The number of piperidine rings is 1. The maximum Gasteiger partial charge on any atom is 0.321 e. The molecule has 1 aliphatic carbocycles. The molecule has 0 radical (unpaired) electrons. The fourth-order valence-corrected chi connectivity index (χ4v) is 7.94. The molecule has 1 saturated carbocycles. The van der Waals surface area contributed by atoms with Crippen LogP contribution in [0.1, 0.15) is 73.9 Å². The van der Waals surface area contributed by atoms with E-state index in [1.54, 1.807) is 0 Å². The zero-order valence-electron chi connectivity index (χ0n) is 23.6. The average molecular weight is 540 g/mol. The summed E-state index contributed by atoms with van der Waals surface area (Å²) >= 11 is 0. The summed E-state index contributed by atoms with van der Waals surface area (Å²) in [6.07, 6.45) is 7.78. The lowest BCUT2D eigenvalue weighted by Gasteiger charge is -2.36. The lowest BCUT2D eigenvalue weighted by molar-refractivity contribution is -0.145. The molecule has 7 heteroatoms. The molecule has 1 N–H and O–H groups in total. The minimum absolute atomic E-state index is 0.273. The van der Waals surface area contributed by atoms with Gasteiger partial charge in [-0.3, -0.25) is 9.69 Å². The van der Waals surface area contributed by atoms with Crippen LogP contribution in [-0.2, 0) is 4.79 Å². The molecule has 40 heavy (non-hydrogen) atoms. The van der Waals surface area contributed by atoms with Gasteiger partial charge in [-0.2, -0.15) is 5.26 Å². The fraction of sp³-hybridized carbons (Fsp3) is 0.545. The number of likely N-dealkylation sites (tertiary alicyclic amines) is 2. The standard InChI is InChI=1S/C33H41N5O2/c1-23-35-30-18-24(19-34)12-13-31(30)38(23)28-14-16-36(17-15-28)20-27-21-37(22-29(27)25-8-4-2-5-9-25)32(33(39)40)26-10-6-3-7-11-26/h2,4-5,8-9,12-13,18,26-29,32H,3,6-7,10-11,14-17,20-22H2,1H3,(H,39,40). The second-order valence-electron chi connectivity index (χ2n) is 12.3. The Bertz CT molecular complexity index is 1360. The Morgan fingerprint density at radius 1 is 1.05 bits per heavy atom. The third kappa shape index (κ3) is 5.40. The lowest BCUT2D eigenvalue weighted by Crippen LogP contribution is -2.46. The Kier molecular flexibility index (Phi) is 7.91.